The Morgan fingerprint density at radius 2 is 1.86 bits per heavy atom. The van der Waals surface area contributed by atoms with Gasteiger partial charge in [0.05, 0.1) is 18.5 Å². The van der Waals surface area contributed by atoms with E-state index in [0.717, 1.165) is 35.5 Å². The summed E-state index contributed by atoms with van der Waals surface area (Å²) in [6.45, 7) is 2.72. The normalized spacial score (nSPS) is 19.2. The molecule has 0 bridgehead atoms. The highest BCUT2D eigenvalue weighted by atomic mass is 16.5. The molecule has 0 radical (unpaired) electrons. The molecule has 1 saturated heterocycles. The van der Waals surface area contributed by atoms with E-state index in [4.69, 9.17) is 15.6 Å². The predicted octanol–water partition coefficient (Wildman–Crippen LogP) is 3.50. The van der Waals surface area contributed by atoms with Gasteiger partial charge in [0.15, 0.2) is 5.69 Å². The number of para-hydroxylation sites is 1. The third kappa shape index (κ3) is 3.89. The molecule has 0 spiro atoms. The number of aromatic nitrogens is 2. The quantitative estimate of drug-likeness (QED) is 0.740. The molecular weight excluding hydrogens is 364 g/mol. The van der Waals surface area contributed by atoms with E-state index in [1.807, 2.05) is 70.2 Å². The summed E-state index contributed by atoms with van der Waals surface area (Å²) >= 11 is 0. The molecule has 1 amide bonds. The van der Waals surface area contributed by atoms with Crippen molar-refractivity contribution in [1.82, 2.24) is 14.7 Å². The molecule has 0 saturated carbocycles. The molecular formula is C23H26N4O2. The second kappa shape index (κ2) is 8.09. The van der Waals surface area contributed by atoms with Crippen molar-refractivity contribution in [3.63, 3.8) is 0 Å². The lowest BCUT2D eigenvalue weighted by Gasteiger charge is -2.35. The van der Waals surface area contributed by atoms with E-state index in [1.165, 1.54) is 0 Å². The second-order valence-corrected chi connectivity index (χ2v) is 7.52. The van der Waals surface area contributed by atoms with Crippen molar-refractivity contribution >= 4 is 5.91 Å². The van der Waals surface area contributed by atoms with Crippen LogP contribution in [0.25, 0.3) is 16.9 Å². The first-order valence-corrected chi connectivity index (χ1v) is 9.93. The Bertz CT molecular complexity index is 982. The van der Waals surface area contributed by atoms with Crippen LogP contribution < -0.4 is 10.5 Å². The smallest absolute Gasteiger partial charge is 0.274 e. The van der Waals surface area contributed by atoms with Crippen LogP contribution in [0.4, 0.5) is 0 Å². The molecule has 0 aliphatic carbocycles. The fourth-order valence-corrected chi connectivity index (χ4v) is 3.88. The van der Waals surface area contributed by atoms with Crippen molar-refractivity contribution < 1.29 is 9.53 Å². The fourth-order valence-electron chi connectivity index (χ4n) is 3.88. The summed E-state index contributed by atoms with van der Waals surface area (Å²) < 4.78 is 7.10. The highest BCUT2D eigenvalue weighted by Crippen LogP contribution is 2.27. The minimum absolute atomic E-state index is 0.0474. The number of hydrogen-bond acceptors (Lipinski definition) is 4. The van der Waals surface area contributed by atoms with Crippen LogP contribution in [0.5, 0.6) is 5.75 Å². The molecule has 6 nitrogen and oxygen atoms in total. The zero-order valence-corrected chi connectivity index (χ0v) is 16.8. The van der Waals surface area contributed by atoms with Crippen molar-refractivity contribution in [2.45, 2.75) is 31.8 Å². The van der Waals surface area contributed by atoms with Crippen molar-refractivity contribution in [1.29, 1.82) is 0 Å². The summed E-state index contributed by atoms with van der Waals surface area (Å²) in [4.78, 5) is 15.1. The number of carbonyl (C=O) groups excluding carboxylic acids is 1. The fraction of sp³-hybridized carbons (Fsp3) is 0.304. The highest BCUT2D eigenvalue weighted by Gasteiger charge is 2.29. The molecule has 150 valence electrons. The van der Waals surface area contributed by atoms with Gasteiger partial charge in [0.25, 0.3) is 5.91 Å². The minimum atomic E-state index is -0.0474. The maximum absolute atomic E-state index is 13.2. The Kier molecular flexibility index (Phi) is 5.36. The van der Waals surface area contributed by atoms with E-state index in [0.29, 0.717) is 12.2 Å². The van der Waals surface area contributed by atoms with Crippen LogP contribution in [0.3, 0.4) is 0 Å². The van der Waals surface area contributed by atoms with Gasteiger partial charge < -0.3 is 15.4 Å². The molecule has 6 heteroatoms. The van der Waals surface area contributed by atoms with E-state index in [-0.39, 0.29) is 18.0 Å². The molecule has 0 unspecified atom stereocenters. The van der Waals surface area contributed by atoms with Crippen molar-refractivity contribution in [3.8, 4) is 22.7 Å². The van der Waals surface area contributed by atoms with Gasteiger partial charge in [-0.05, 0) is 62.2 Å². The molecule has 1 fully saturated rings. The number of methoxy groups -OCH3 is 1. The number of ether oxygens (including phenoxy) is 1. The van der Waals surface area contributed by atoms with Crippen LogP contribution in [-0.4, -0.2) is 46.3 Å². The van der Waals surface area contributed by atoms with Crippen LogP contribution in [0.1, 0.15) is 30.3 Å². The van der Waals surface area contributed by atoms with Crippen molar-refractivity contribution in [3.05, 3.63) is 66.4 Å². The topological polar surface area (TPSA) is 73.4 Å². The maximum atomic E-state index is 13.2. The molecule has 3 aromatic rings. The zero-order chi connectivity index (χ0) is 20.4. The first-order valence-electron chi connectivity index (χ1n) is 9.93. The molecule has 2 atom stereocenters. The Hall–Kier alpha value is -3.12. The number of carbonyl (C=O) groups is 1. The predicted molar refractivity (Wildman–Crippen MR) is 113 cm³/mol. The molecule has 4 rings (SSSR count). The third-order valence-corrected chi connectivity index (χ3v) is 5.49. The molecule has 2 heterocycles. The Morgan fingerprint density at radius 3 is 2.52 bits per heavy atom. The van der Waals surface area contributed by atoms with Gasteiger partial charge in [-0.15, -0.1) is 0 Å². The van der Waals surface area contributed by atoms with E-state index in [9.17, 15) is 4.79 Å². The summed E-state index contributed by atoms with van der Waals surface area (Å²) in [5, 5.41) is 4.69. The van der Waals surface area contributed by atoms with E-state index < -0.39 is 0 Å². The van der Waals surface area contributed by atoms with Gasteiger partial charge in [0, 0.05) is 24.2 Å². The lowest BCUT2D eigenvalue weighted by molar-refractivity contribution is 0.0612. The molecule has 2 aromatic carbocycles. The average molecular weight is 390 g/mol. The van der Waals surface area contributed by atoms with Crippen molar-refractivity contribution in [2.24, 2.45) is 5.73 Å². The zero-order valence-electron chi connectivity index (χ0n) is 16.8. The number of likely N-dealkylation sites (tertiary alicyclic amines) is 1. The van der Waals surface area contributed by atoms with E-state index in [1.54, 1.807) is 7.11 Å². The number of piperidine rings is 1. The number of amides is 1. The summed E-state index contributed by atoms with van der Waals surface area (Å²) in [6, 6.07) is 19.8. The average Bonchev–Trinajstić information content (AvgIpc) is 3.19. The Morgan fingerprint density at radius 1 is 1.14 bits per heavy atom. The summed E-state index contributed by atoms with van der Waals surface area (Å²) in [5.41, 5.74) is 9.25. The van der Waals surface area contributed by atoms with Crippen LogP contribution in [0.2, 0.25) is 0 Å². The van der Waals surface area contributed by atoms with Crippen molar-refractivity contribution in [2.75, 3.05) is 13.7 Å². The molecule has 1 aliphatic rings. The van der Waals surface area contributed by atoms with Gasteiger partial charge in [-0.3, -0.25) is 4.79 Å². The molecule has 1 aromatic heterocycles. The number of nitrogens with two attached hydrogens (primary N) is 1. The van der Waals surface area contributed by atoms with E-state index in [2.05, 4.69) is 6.92 Å². The Labute approximate surface area is 170 Å². The molecule has 29 heavy (non-hydrogen) atoms. The number of benzene rings is 2. The summed E-state index contributed by atoms with van der Waals surface area (Å²) in [6.07, 6.45) is 1.64. The van der Waals surface area contributed by atoms with Crippen LogP contribution in [0.15, 0.2) is 60.7 Å². The van der Waals surface area contributed by atoms with Gasteiger partial charge in [-0.2, -0.15) is 5.10 Å². The van der Waals surface area contributed by atoms with Gasteiger partial charge in [0.2, 0.25) is 0 Å². The second-order valence-electron chi connectivity index (χ2n) is 7.52. The first kappa shape index (κ1) is 19.2. The van der Waals surface area contributed by atoms with Crippen LogP contribution in [0, 0.1) is 0 Å². The van der Waals surface area contributed by atoms with Gasteiger partial charge in [0.1, 0.15) is 5.75 Å². The number of hydrogen-bond donors (Lipinski definition) is 1. The minimum Gasteiger partial charge on any atom is -0.497 e. The lowest BCUT2D eigenvalue weighted by atomic mass is 9.99. The Balaban J connectivity index is 1.74. The number of nitrogens with zero attached hydrogens (tertiary/aromatic N) is 3. The van der Waals surface area contributed by atoms with Gasteiger partial charge >= 0.3 is 0 Å². The monoisotopic (exact) mass is 390 g/mol. The summed E-state index contributed by atoms with van der Waals surface area (Å²) in [7, 11) is 1.64. The van der Waals surface area contributed by atoms with E-state index >= 15 is 0 Å². The van der Waals surface area contributed by atoms with Gasteiger partial charge in [-0.1, -0.05) is 18.2 Å². The molecule has 2 N–H and O–H groups in total. The van der Waals surface area contributed by atoms with Crippen LogP contribution in [-0.2, 0) is 0 Å². The van der Waals surface area contributed by atoms with Gasteiger partial charge in [-0.25, -0.2) is 4.68 Å². The lowest BCUT2D eigenvalue weighted by Crippen LogP contribution is -2.48. The largest absolute Gasteiger partial charge is 0.497 e. The maximum Gasteiger partial charge on any atom is 0.274 e. The van der Waals surface area contributed by atoms with Crippen LogP contribution >= 0.6 is 0 Å². The first-order chi connectivity index (χ1) is 14.1. The number of rotatable bonds is 4. The standard InChI is InChI=1S/C23H26N4O2/c1-16-14-18(24)12-13-26(16)23(28)21-15-22(17-8-10-20(29-2)11-9-17)27(25-21)19-6-4-3-5-7-19/h3-11,15-16,18H,12-14,24H2,1-2H3/t16-,18+/m0/s1. The summed E-state index contributed by atoms with van der Waals surface area (Å²) in [5.74, 6) is 0.739. The molecule has 1 aliphatic heterocycles. The SMILES string of the molecule is COc1ccc(-c2cc(C(=O)N3CC[C@@H](N)C[C@@H]3C)nn2-c2ccccc2)cc1. The third-order valence-electron chi connectivity index (χ3n) is 5.49. The highest BCUT2D eigenvalue weighted by molar-refractivity contribution is 5.94.